The van der Waals surface area contributed by atoms with Gasteiger partial charge in [-0.05, 0) is 25.5 Å². The summed E-state index contributed by atoms with van der Waals surface area (Å²) < 4.78 is 5.06. The first kappa shape index (κ1) is 11.9. The summed E-state index contributed by atoms with van der Waals surface area (Å²) >= 11 is 0. The molecule has 0 amide bonds. The number of anilines is 1. The molecule has 0 aliphatic carbocycles. The van der Waals surface area contributed by atoms with Gasteiger partial charge in [0.2, 0.25) is 0 Å². The molecule has 1 aromatic heterocycles. The van der Waals surface area contributed by atoms with Crippen LogP contribution in [0.15, 0.2) is 36.5 Å². The third-order valence-electron chi connectivity index (χ3n) is 2.76. The Hall–Kier alpha value is -1.61. The molecule has 0 saturated heterocycles. The second-order valence-electron chi connectivity index (χ2n) is 4.24. The fourth-order valence-corrected chi connectivity index (χ4v) is 1.80. The van der Waals surface area contributed by atoms with Gasteiger partial charge in [-0.25, -0.2) is 0 Å². The summed E-state index contributed by atoms with van der Waals surface area (Å²) in [5.41, 5.74) is 2.09. The minimum atomic E-state index is 0.387. The van der Waals surface area contributed by atoms with Crippen molar-refractivity contribution in [3.8, 4) is 0 Å². The summed E-state index contributed by atoms with van der Waals surface area (Å²) in [5.74, 6) is 0. The van der Waals surface area contributed by atoms with Crippen LogP contribution in [0.25, 0.3) is 10.9 Å². The van der Waals surface area contributed by atoms with Crippen molar-refractivity contribution in [1.82, 2.24) is 4.98 Å². The molecule has 2 rings (SSSR count). The van der Waals surface area contributed by atoms with Crippen molar-refractivity contribution in [2.24, 2.45) is 0 Å². The Labute approximate surface area is 102 Å². The molecule has 0 bridgehead atoms. The van der Waals surface area contributed by atoms with Crippen LogP contribution in [0.2, 0.25) is 0 Å². The van der Waals surface area contributed by atoms with E-state index in [9.17, 15) is 0 Å². The van der Waals surface area contributed by atoms with Crippen LogP contribution in [0.5, 0.6) is 0 Å². The van der Waals surface area contributed by atoms with Crippen molar-refractivity contribution in [3.63, 3.8) is 0 Å². The Morgan fingerprint density at radius 3 is 3.00 bits per heavy atom. The van der Waals surface area contributed by atoms with Crippen LogP contribution in [0, 0.1) is 0 Å². The van der Waals surface area contributed by atoms with Gasteiger partial charge in [0.15, 0.2) is 0 Å². The highest BCUT2D eigenvalue weighted by molar-refractivity contribution is 5.81. The summed E-state index contributed by atoms with van der Waals surface area (Å²) in [6.07, 6.45) is 2.87. The van der Waals surface area contributed by atoms with Gasteiger partial charge in [0.25, 0.3) is 0 Å². The maximum absolute atomic E-state index is 5.06. The fourth-order valence-electron chi connectivity index (χ4n) is 1.80. The molecule has 2 aromatic rings. The third kappa shape index (κ3) is 3.17. The first-order chi connectivity index (χ1) is 8.29. The van der Waals surface area contributed by atoms with E-state index in [0.717, 1.165) is 29.6 Å². The molecule has 1 N–H and O–H groups in total. The largest absolute Gasteiger partial charge is 0.385 e. The van der Waals surface area contributed by atoms with E-state index in [0.29, 0.717) is 6.04 Å². The normalized spacial score (nSPS) is 12.6. The second-order valence-corrected chi connectivity index (χ2v) is 4.24. The van der Waals surface area contributed by atoms with Crippen LogP contribution in [0.3, 0.4) is 0 Å². The predicted octanol–water partition coefficient (Wildman–Crippen LogP) is 3.07. The van der Waals surface area contributed by atoms with Crippen molar-refractivity contribution >= 4 is 16.6 Å². The second kappa shape index (κ2) is 5.64. The van der Waals surface area contributed by atoms with E-state index in [-0.39, 0.29) is 0 Å². The minimum Gasteiger partial charge on any atom is -0.385 e. The molecule has 1 atom stereocenters. The molecule has 3 heteroatoms. The first-order valence-electron chi connectivity index (χ1n) is 5.90. The molecule has 0 saturated carbocycles. The number of fused-ring (bicyclic) bond motifs is 1. The van der Waals surface area contributed by atoms with Gasteiger partial charge < -0.3 is 10.1 Å². The van der Waals surface area contributed by atoms with Gasteiger partial charge in [-0.3, -0.25) is 4.98 Å². The lowest BCUT2D eigenvalue weighted by Gasteiger charge is -2.14. The van der Waals surface area contributed by atoms with Crippen LogP contribution in [-0.4, -0.2) is 24.7 Å². The quantitative estimate of drug-likeness (QED) is 0.857. The maximum Gasteiger partial charge on any atom is 0.0703 e. The first-order valence-corrected chi connectivity index (χ1v) is 5.90. The summed E-state index contributed by atoms with van der Waals surface area (Å²) in [7, 11) is 1.73. The van der Waals surface area contributed by atoms with Gasteiger partial charge in [-0.15, -0.1) is 0 Å². The average molecular weight is 230 g/mol. The zero-order chi connectivity index (χ0) is 12.1. The van der Waals surface area contributed by atoms with E-state index >= 15 is 0 Å². The Bertz CT molecular complexity index is 484. The minimum absolute atomic E-state index is 0.387. The number of hydrogen-bond acceptors (Lipinski definition) is 3. The number of nitrogens with one attached hydrogen (secondary N) is 1. The smallest absolute Gasteiger partial charge is 0.0703 e. The van der Waals surface area contributed by atoms with Gasteiger partial charge in [-0.1, -0.05) is 18.2 Å². The molecule has 1 unspecified atom stereocenters. The summed E-state index contributed by atoms with van der Waals surface area (Å²) in [4.78, 5) is 4.42. The fraction of sp³-hybridized carbons (Fsp3) is 0.357. The number of nitrogens with zero attached hydrogens (tertiary/aromatic N) is 1. The highest BCUT2D eigenvalue weighted by Gasteiger charge is 2.02. The predicted molar refractivity (Wildman–Crippen MR) is 71.3 cm³/mol. The van der Waals surface area contributed by atoms with Gasteiger partial charge >= 0.3 is 0 Å². The average Bonchev–Trinajstić information content (AvgIpc) is 2.36. The maximum atomic E-state index is 5.06. The third-order valence-corrected chi connectivity index (χ3v) is 2.76. The Morgan fingerprint density at radius 1 is 1.35 bits per heavy atom. The lowest BCUT2D eigenvalue weighted by Crippen LogP contribution is -2.17. The zero-order valence-electron chi connectivity index (χ0n) is 10.3. The van der Waals surface area contributed by atoms with Gasteiger partial charge in [0.1, 0.15) is 0 Å². The lowest BCUT2D eigenvalue weighted by atomic mass is 10.2. The van der Waals surface area contributed by atoms with Crippen molar-refractivity contribution in [2.45, 2.75) is 19.4 Å². The number of benzene rings is 1. The van der Waals surface area contributed by atoms with Crippen molar-refractivity contribution in [3.05, 3.63) is 36.5 Å². The summed E-state index contributed by atoms with van der Waals surface area (Å²) in [5, 5.41) is 4.59. The number of ether oxygens (including phenoxy) is 1. The molecular formula is C14H18N2O. The number of para-hydroxylation sites is 1. The number of hydrogen-bond donors (Lipinski definition) is 1. The molecule has 90 valence electrons. The van der Waals surface area contributed by atoms with Gasteiger partial charge in [0.05, 0.1) is 17.4 Å². The molecule has 0 spiro atoms. The van der Waals surface area contributed by atoms with Crippen LogP contribution in [0.1, 0.15) is 13.3 Å². The van der Waals surface area contributed by atoms with Gasteiger partial charge in [0, 0.05) is 25.1 Å². The highest BCUT2D eigenvalue weighted by Crippen LogP contribution is 2.17. The molecule has 17 heavy (non-hydrogen) atoms. The number of aromatic nitrogens is 1. The monoisotopic (exact) mass is 230 g/mol. The van der Waals surface area contributed by atoms with E-state index < -0.39 is 0 Å². The Kier molecular flexibility index (Phi) is 3.94. The molecular weight excluding hydrogens is 212 g/mol. The molecule has 3 nitrogen and oxygen atoms in total. The van der Waals surface area contributed by atoms with E-state index in [1.54, 1.807) is 7.11 Å². The molecule has 0 radical (unpaired) electrons. The zero-order valence-corrected chi connectivity index (χ0v) is 10.3. The Morgan fingerprint density at radius 2 is 2.18 bits per heavy atom. The van der Waals surface area contributed by atoms with E-state index in [1.165, 1.54) is 0 Å². The van der Waals surface area contributed by atoms with Crippen LogP contribution < -0.4 is 5.32 Å². The van der Waals surface area contributed by atoms with Gasteiger partial charge in [-0.2, -0.15) is 0 Å². The van der Waals surface area contributed by atoms with Crippen LogP contribution >= 0.6 is 0 Å². The summed E-state index contributed by atoms with van der Waals surface area (Å²) in [6, 6.07) is 10.6. The SMILES string of the molecule is COCCC(C)Nc1cnc2ccccc2c1. The molecule has 0 aliphatic rings. The number of rotatable bonds is 5. The topological polar surface area (TPSA) is 34.1 Å². The van der Waals surface area contributed by atoms with Crippen molar-refractivity contribution in [1.29, 1.82) is 0 Å². The lowest BCUT2D eigenvalue weighted by molar-refractivity contribution is 0.191. The highest BCUT2D eigenvalue weighted by atomic mass is 16.5. The molecule has 1 heterocycles. The molecule has 0 fully saturated rings. The summed E-state index contributed by atoms with van der Waals surface area (Å²) in [6.45, 7) is 2.92. The van der Waals surface area contributed by atoms with Crippen molar-refractivity contribution in [2.75, 3.05) is 19.0 Å². The molecule has 0 aliphatic heterocycles. The number of methoxy groups -OCH3 is 1. The van der Waals surface area contributed by atoms with Crippen molar-refractivity contribution < 1.29 is 4.74 Å². The standard InChI is InChI=1S/C14H18N2O/c1-11(7-8-17-2)16-13-9-12-5-3-4-6-14(12)15-10-13/h3-6,9-11,16H,7-8H2,1-2H3. The van der Waals surface area contributed by atoms with E-state index in [1.807, 2.05) is 24.4 Å². The van der Waals surface area contributed by atoms with E-state index in [4.69, 9.17) is 4.74 Å². The van der Waals surface area contributed by atoms with E-state index in [2.05, 4.69) is 29.4 Å². The van der Waals surface area contributed by atoms with Crippen LogP contribution in [0.4, 0.5) is 5.69 Å². The number of pyridine rings is 1. The Balaban J connectivity index is 2.08. The molecule has 1 aromatic carbocycles. The van der Waals surface area contributed by atoms with Crippen LogP contribution in [-0.2, 0) is 4.74 Å².